The molecule has 1 aromatic heterocycles. The monoisotopic (exact) mass is 244 g/mol. The van der Waals surface area contributed by atoms with Crippen LogP contribution in [0.5, 0.6) is 0 Å². The minimum Gasteiger partial charge on any atom is -0.461 e. The zero-order chi connectivity index (χ0) is 12.4. The normalized spacial score (nSPS) is 18.5. The van der Waals surface area contributed by atoms with Crippen LogP contribution in [0.2, 0.25) is 0 Å². The third kappa shape index (κ3) is 2.57. The van der Waals surface area contributed by atoms with Crippen LogP contribution in [0.1, 0.15) is 5.76 Å². The van der Waals surface area contributed by atoms with Crippen LogP contribution in [0.4, 0.5) is 0 Å². The molecule has 0 amide bonds. The Balaban J connectivity index is 1.59. The van der Waals surface area contributed by atoms with Gasteiger partial charge in [0.05, 0.1) is 0 Å². The molecule has 3 rings (SSSR count). The fourth-order valence-corrected chi connectivity index (χ4v) is 2.50. The van der Waals surface area contributed by atoms with E-state index in [-0.39, 0.29) is 0 Å². The molecule has 0 N–H and O–H groups in total. The van der Waals surface area contributed by atoms with Gasteiger partial charge in [-0.05, 0) is 19.2 Å². The van der Waals surface area contributed by atoms with Crippen LogP contribution >= 0.6 is 0 Å². The highest BCUT2D eigenvalue weighted by atomic mass is 16.3. The molecule has 2 heterocycles. The van der Waals surface area contributed by atoms with Gasteiger partial charge in [-0.1, -0.05) is 18.2 Å². The predicted octanol–water partition coefficient (Wildman–Crippen LogP) is 2.22. The minimum atomic E-state index is 1.01. The van der Waals surface area contributed by atoms with E-state index in [2.05, 4.69) is 35.0 Å². The minimum absolute atomic E-state index is 1.01. The molecule has 0 spiro atoms. The van der Waals surface area contributed by atoms with Crippen molar-refractivity contribution in [1.29, 1.82) is 0 Å². The summed E-state index contributed by atoms with van der Waals surface area (Å²) in [4.78, 5) is 4.91. The summed E-state index contributed by atoms with van der Waals surface area (Å²) in [5, 5.41) is 1.21. The van der Waals surface area contributed by atoms with E-state index in [0.29, 0.717) is 0 Å². The van der Waals surface area contributed by atoms with Crippen LogP contribution in [0.25, 0.3) is 11.0 Å². The number of nitrogens with zero attached hydrogens (tertiary/aromatic N) is 2. The Kier molecular flexibility index (Phi) is 3.35. The average Bonchev–Trinajstić information content (AvgIpc) is 2.81. The first kappa shape index (κ1) is 11.8. The van der Waals surface area contributed by atoms with Gasteiger partial charge in [-0.2, -0.15) is 0 Å². The molecule has 3 heteroatoms. The van der Waals surface area contributed by atoms with Gasteiger partial charge in [0, 0.05) is 44.5 Å². The quantitative estimate of drug-likeness (QED) is 0.825. The third-order valence-corrected chi connectivity index (χ3v) is 3.75. The van der Waals surface area contributed by atoms with Crippen molar-refractivity contribution in [2.75, 3.05) is 39.8 Å². The molecular formula is C15H20N2O. The Labute approximate surface area is 108 Å². The van der Waals surface area contributed by atoms with Crippen LogP contribution in [-0.4, -0.2) is 49.6 Å². The largest absolute Gasteiger partial charge is 0.461 e. The number of rotatable bonds is 3. The molecule has 0 unspecified atom stereocenters. The van der Waals surface area contributed by atoms with E-state index in [1.54, 1.807) is 0 Å². The summed E-state index contributed by atoms with van der Waals surface area (Å²) in [6.45, 7) is 5.82. The Morgan fingerprint density at radius 3 is 2.67 bits per heavy atom. The van der Waals surface area contributed by atoms with Crippen molar-refractivity contribution in [1.82, 2.24) is 9.80 Å². The van der Waals surface area contributed by atoms with E-state index in [9.17, 15) is 0 Å². The number of para-hydroxylation sites is 1. The topological polar surface area (TPSA) is 19.6 Å². The highest BCUT2D eigenvalue weighted by Gasteiger charge is 2.14. The van der Waals surface area contributed by atoms with Gasteiger partial charge < -0.3 is 14.2 Å². The predicted molar refractivity (Wildman–Crippen MR) is 73.9 cm³/mol. The second-order valence-corrected chi connectivity index (χ2v) is 5.15. The molecule has 0 atom stereocenters. The van der Waals surface area contributed by atoms with Crippen molar-refractivity contribution in [2.45, 2.75) is 6.42 Å². The fraction of sp³-hybridized carbons (Fsp3) is 0.467. The van der Waals surface area contributed by atoms with Crippen LogP contribution in [0.15, 0.2) is 34.7 Å². The molecule has 18 heavy (non-hydrogen) atoms. The average molecular weight is 244 g/mol. The summed E-state index contributed by atoms with van der Waals surface area (Å²) >= 11 is 0. The van der Waals surface area contributed by atoms with Gasteiger partial charge in [0.1, 0.15) is 11.3 Å². The molecule has 1 aromatic carbocycles. The first-order valence-corrected chi connectivity index (χ1v) is 6.69. The second kappa shape index (κ2) is 5.12. The number of piperazine rings is 1. The smallest absolute Gasteiger partial charge is 0.134 e. The van der Waals surface area contributed by atoms with E-state index < -0.39 is 0 Å². The summed E-state index contributed by atoms with van der Waals surface area (Å²) in [7, 11) is 2.19. The van der Waals surface area contributed by atoms with Crippen molar-refractivity contribution >= 4 is 11.0 Å². The highest BCUT2D eigenvalue weighted by molar-refractivity contribution is 5.77. The number of benzene rings is 1. The lowest BCUT2D eigenvalue weighted by Gasteiger charge is -2.32. The SMILES string of the molecule is CN1CCN(CCc2cc3ccccc3o2)CC1. The lowest BCUT2D eigenvalue weighted by Crippen LogP contribution is -2.45. The van der Waals surface area contributed by atoms with Crippen molar-refractivity contribution < 1.29 is 4.42 Å². The lowest BCUT2D eigenvalue weighted by atomic mass is 10.2. The molecule has 0 radical (unpaired) electrons. The maximum absolute atomic E-state index is 5.84. The molecule has 96 valence electrons. The van der Waals surface area contributed by atoms with Crippen LogP contribution < -0.4 is 0 Å². The van der Waals surface area contributed by atoms with E-state index in [1.807, 2.05) is 12.1 Å². The Hall–Kier alpha value is -1.32. The standard InChI is InChI=1S/C15H20N2O/c1-16-8-10-17(11-9-16)7-6-14-12-13-4-2-3-5-15(13)18-14/h2-5,12H,6-11H2,1H3. The molecule has 0 saturated carbocycles. The van der Waals surface area contributed by atoms with Crippen LogP contribution in [-0.2, 0) is 6.42 Å². The van der Waals surface area contributed by atoms with Gasteiger partial charge in [0.25, 0.3) is 0 Å². The van der Waals surface area contributed by atoms with E-state index >= 15 is 0 Å². The molecule has 1 saturated heterocycles. The maximum atomic E-state index is 5.84. The van der Waals surface area contributed by atoms with E-state index in [1.165, 1.54) is 31.6 Å². The highest BCUT2D eigenvalue weighted by Crippen LogP contribution is 2.19. The van der Waals surface area contributed by atoms with Crippen molar-refractivity contribution in [3.05, 3.63) is 36.1 Å². The van der Waals surface area contributed by atoms with E-state index in [4.69, 9.17) is 4.42 Å². The number of likely N-dealkylation sites (N-methyl/N-ethyl adjacent to an activating group) is 1. The zero-order valence-corrected chi connectivity index (χ0v) is 10.9. The van der Waals surface area contributed by atoms with Crippen LogP contribution in [0, 0.1) is 0 Å². The van der Waals surface area contributed by atoms with Crippen molar-refractivity contribution in [3.8, 4) is 0 Å². The second-order valence-electron chi connectivity index (χ2n) is 5.15. The molecule has 1 aliphatic rings. The summed E-state index contributed by atoms with van der Waals surface area (Å²) in [6, 6.07) is 10.4. The number of fused-ring (bicyclic) bond motifs is 1. The summed E-state index contributed by atoms with van der Waals surface area (Å²) in [5.74, 6) is 1.11. The Morgan fingerprint density at radius 1 is 1.11 bits per heavy atom. The van der Waals surface area contributed by atoms with Crippen LogP contribution in [0.3, 0.4) is 0 Å². The molecule has 3 nitrogen and oxygen atoms in total. The lowest BCUT2D eigenvalue weighted by molar-refractivity contribution is 0.154. The van der Waals surface area contributed by atoms with Gasteiger partial charge in [-0.15, -0.1) is 0 Å². The van der Waals surface area contributed by atoms with Gasteiger partial charge in [0.2, 0.25) is 0 Å². The first-order valence-electron chi connectivity index (χ1n) is 6.69. The fourth-order valence-electron chi connectivity index (χ4n) is 2.50. The number of hydrogen-bond donors (Lipinski definition) is 0. The third-order valence-electron chi connectivity index (χ3n) is 3.75. The summed E-state index contributed by atoms with van der Waals surface area (Å²) in [6.07, 6.45) is 1.01. The summed E-state index contributed by atoms with van der Waals surface area (Å²) in [5.41, 5.74) is 1.01. The van der Waals surface area contributed by atoms with Crippen molar-refractivity contribution in [3.63, 3.8) is 0 Å². The van der Waals surface area contributed by atoms with Crippen molar-refractivity contribution in [2.24, 2.45) is 0 Å². The summed E-state index contributed by atoms with van der Waals surface area (Å²) < 4.78 is 5.84. The molecule has 1 fully saturated rings. The van der Waals surface area contributed by atoms with Gasteiger partial charge in [0.15, 0.2) is 0 Å². The molecule has 0 aliphatic carbocycles. The number of furan rings is 1. The molecule has 1 aliphatic heterocycles. The van der Waals surface area contributed by atoms with Gasteiger partial charge in [-0.25, -0.2) is 0 Å². The Bertz CT molecular complexity index is 479. The molecular weight excluding hydrogens is 224 g/mol. The van der Waals surface area contributed by atoms with Gasteiger partial charge >= 0.3 is 0 Å². The molecule has 2 aromatic rings. The first-order chi connectivity index (χ1) is 8.81. The van der Waals surface area contributed by atoms with Gasteiger partial charge in [-0.3, -0.25) is 0 Å². The maximum Gasteiger partial charge on any atom is 0.134 e. The van der Waals surface area contributed by atoms with E-state index in [0.717, 1.165) is 24.3 Å². The molecule has 0 bridgehead atoms. The number of hydrogen-bond acceptors (Lipinski definition) is 3. The zero-order valence-electron chi connectivity index (χ0n) is 10.9. The Morgan fingerprint density at radius 2 is 1.89 bits per heavy atom.